The van der Waals surface area contributed by atoms with Crippen LogP contribution >= 0.6 is 11.6 Å². The molecule has 1 aromatic heterocycles. The van der Waals surface area contributed by atoms with Crippen LogP contribution in [0.2, 0.25) is 5.15 Å². The van der Waals surface area contributed by atoms with Gasteiger partial charge in [-0.05, 0) is 18.9 Å². The maximum absolute atomic E-state index is 6.27. The molecular formula is C15H21ClN4. The molecule has 0 radical (unpaired) electrons. The Morgan fingerprint density at radius 1 is 1.05 bits per heavy atom. The van der Waals surface area contributed by atoms with Crippen LogP contribution in [0.4, 0.5) is 0 Å². The van der Waals surface area contributed by atoms with E-state index in [-0.39, 0.29) is 0 Å². The van der Waals surface area contributed by atoms with Gasteiger partial charge in [-0.25, -0.2) is 9.97 Å². The molecule has 4 fully saturated rings. The Balaban J connectivity index is 1.64. The summed E-state index contributed by atoms with van der Waals surface area (Å²) in [5.41, 5.74) is 1.18. The van der Waals surface area contributed by atoms with Gasteiger partial charge >= 0.3 is 0 Å². The fraction of sp³-hybridized carbons (Fsp3) is 0.733. The number of nitrogens with zero attached hydrogens (tertiary/aromatic N) is 4. The van der Waals surface area contributed by atoms with Gasteiger partial charge in [0, 0.05) is 44.3 Å². The predicted octanol–water partition coefficient (Wildman–Crippen LogP) is 2.46. The van der Waals surface area contributed by atoms with Crippen molar-refractivity contribution in [3.05, 3.63) is 22.7 Å². The smallest absolute Gasteiger partial charge is 0.148 e. The lowest BCUT2D eigenvalue weighted by molar-refractivity contribution is 0.00854. The van der Waals surface area contributed by atoms with Crippen LogP contribution in [0.15, 0.2) is 6.07 Å². The molecule has 20 heavy (non-hydrogen) atoms. The molecule has 3 saturated heterocycles. The van der Waals surface area contributed by atoms with E-state index in [1.165, 1.54) is 44.5 Å². The van der Waals surface area contributed by atoms with Crippen molar-refractivity contribution in [2.75, 3.05) is 32.7 Å². The van der Waals surface area contributed by atoms with Crippen LogP contribution in [0.25, 0.3) is 0 Å². The quantitative estimate of drug-likeness (QED) is 0.784. The van der Waals surface area contributed by atoms with Crippen molar-refractivity contribution in [2.45, 2.75) is 37.6 Å². The molecule has 4 heterocycles. The largest absolute Gasteiger partial charge is 0.299 e. The second-order valence-electron chi connectivity index (χ2n) is 6.31. The molecule has 1 aliphatic carbocycles. The van der Waals surface area contributed by atoms with Crippen molar-refractivity contribution in [3.8, 4) is 0 Å². The highest BCUT2D eigenvalue weighted by molar-refractivity contribution is 6.29. The van der Waals surface area contributed by atoms with Gasteiger partial charge in [-0.1, -0.05) is 24.4 Å². The molecule has 1 aromatic rings. The average Bonchev–Trinajstić information content (AvgIpc) is 3.02. The summed E-state index contributed by atoms with van der Waals surface area (Å²) < 4.78 is 0. The third-order valence-electron chi connectivity index (χ3n) is 5.08. The number of piperazine rings is 3. The first-order valence-electron chi connectivity index (χ1n) is 7.80. The van der Waals surface area contributed by atoms with Gasteiger partial charge in [0.25, 0.3) is 0 Å². The van der Waals surface area contributed by atoms with E-state index in [0.717, 1.165) is 25.5 Å². The lowest BCUT2D eigenvalue weighted by Crippen LogP contribution is -2.57. The summed E-state index contributed by atoms with van der Waals surface area (Å²) in [7, 11) is 0. The minimum atomic E-state index is 0.344. The fourth-order valence-corrected chi connectivity index (χ4v) is 4.09. The standard InChI is InChI=1S/C15H21ClN4/c16-14-9-12(11-3-1-2-4-11)17-15(18-14)13-10-19-5-7-20(13)8-6-19/h9,11,13H,1-8,10H2. The molecule has 0 spiro atoms. The van der Waals surface area contributed by atoms with Gasteiger partial charge in [-0.3, -0.25) is 9.80 Å². The SMILES string of the molecule is Clc1cc(C2CCCC2)nc(C2CN3CCN2CC3)n1. The van der Waals surface area contributed by atoms with Crippen molar-refractivity contribution >= 4 is 11.6 Å². The molecule has 0 N–H and O–H groups in total. The number of hydrogen-bond donors (Lipinski definition) is 0. The predicted molar refractivity (Wildman–Crippen MR) is 79.0 cm³/mol. The second-order valence-corrected chi connectivity index (χ2v) is 6.69. The maximum atomic E-state index is 6.27. The molecule has 0 aromatic carbocycles. The molecular weight excluding hydrogens is 272 g/mol. The van der Waals surface area contributed by atoms with E-state index < -0.39 is 0 Å². The first-order valence-corrected chi connectivity index (χ1v) is 8.18. The van der Waals surface area contributed by atoms with Crippen molar-refractivity contribution in [1.82, 2.24) is 19.8 Å². The Labute approximate surface area is 125 Å². The Bertz CT molecular complexity index is 493. The number of fused-ring (bicyclic) bond motifs is 3. The van der Waals surface area contributed by atoms with Gasteiger partial charge in [0.2, 0.25) is 0 Å². The highest BCUT2D eigenvalue weighted by Gasteiger charge is 2.35. The molecule has 4 aliphatic rings. The number of halogens is 1. The summed E-state index contributed by atoms with van der Waals surface area (Å²) in [6, 6.07) is 2.33. The molecule has 5 rings (SSSR count). The Morgan fingerprint density at radius 2 is 1.80 bits per heavy atom. The van der Waals surface area contributed by atoms with E-state index >= 15 is 0 Å². The molecule has 2 bridgehead atoms. The number of hydrogen-bond acceptors (Lipinski definition) is 4. The van der Waals surface area contributed by atoms with Crippen molar-refractivity contribution in [1.29, 1.82) is 0 Å². The van der Waals surface area contributed by atoms with E-state index in [2.05, 4.69) is 14.8 Å². The van der Waals surface area contributed by atoms with E-state index in [0.29, 0.717) is 17.1 Å². The van der Waals surface area contributed by atoms with Crippen LogP contribution in [-0.4, -0.2) is 52.5 Å². The lowest BCUT2D eigenvalue weighted by Gasteiger charge is -2.46. The third kappa shape index (κ3) is 2.34. The van der Waals surface area contributed by atoms with Crippen LogP contribution in [0, 0.1) is 0 Å². The highest BCUT2D eigenvalue weighted by atomic mass is 35.5. The molecule has 4 nitrogen and oxygen atoms in total. The van der Waals surface area contributed by atoms with E-state index in [1.54, 1.807) is 0 Å². The van der Waals surface area contributed by atoms with E-state index in [4.69, 9.17) is 16.6 Å². The van der Waals surface area contributed by atoms with E-state index in [9.17, 15) is 0 Å². The van der Waals surface area contributed by atoms with Crippen molar-refractivity contribution < 1.29 is 0 Å². The first kappa shape index (κ1) is 13.0. The Morgan fingerprint density at radius 3 is 2.45 bits per heavy atom. The van der Waals surface area contributed by atoms with Gasteiger partial charge in [0.15, 0.2) is 0 Å². The minimum Gasteiger partial charge on any atom is -0.299 e. The summed E-state index contributed by atoms with van der Waals surface area (Å²) in [6.07, 6.45) is 5.16. The first-order chi connectivity index (χ1) is 9.79. The van der Waals surface area contributed by atoms with Gasteiger partial charge in [0.05, 0.1) is 6.04 Å². The number of rotatable bonds is 2. The fourth-order valence-electron chi connectivity index (χ4n) is 3.90. The zero-order valence-corrected chi connectivity index (χ0v) is 12.5. The lowest BCUT2D eigenvalue weighted by atomic mass is 10.0. The highest BCUT2D eigenvalue weighted by Crippen LogP contribution is 2.35. The van der Waals surface area contributed by atoms with Crippen LogP contribution in [-0.2, 0) is 0 Å². The number of aromatic nitrogens is 2. The molecule has 5 heteroatoms. The molecule has 0 amide bonds. The van der Waals surface area contributed by atoms with Crippen molar-refractivity contribution in [3.63, 3.8) is 0 Å². The topological polar surface area (TPSA) is 32.3 Å². The summed E-state index contributed by atoms with van der Waals surface area (Å²) in [5.74, 6) is 1.55. The minimum absolute atomic E-state index is 0.344. The molecule has 1 atom stereocenters. The van der Waals surface area contributed by atoms with E-state index in [1.807, 2.05) is 6.07 Å². The summed E-state index contributed by atoms with van der Waals surface area (Å²) in [6.45, 7) is 5.71. The molecule has 1 saturated carbocycles. The second kappa shape index (κ2) is 5.24. The van der Waals surface area contributed by atoms with Gasteiger partial charge in [-0.15, -0.1) is 0 Å². The van der Waals surface area contributed by atoms with Gasteiger partial charge in [0.1, 0.15) is 11.0 Å². The maximum Gasteiger partial charge on any atom is 0.148 e. The van der Waals surface area contributed by atoms with Crippen molar-refractivity contribution in [2.24, 2.45) is 0 Å². The third-order valence-corrected chi connectivity index (χ3v) is 5.28. The average molecular weight is 293 g/mol. The monoisotopic (exact) mass is 292 g/mol. The molecule has 3 aliphatic heterocycles. The van der Waals surface area contributed by atoms with Gasteiger partial charge < -0.3 is 0 Å². The Hall–Kier alpha value is -0.710. The molecule has 108 valence electrons. The normalized spacial score (nSPS) is 33.8. The van der Waals surface area contributed by atoms with Crippen LogP contribution < -0.4 is 0 Å². The Kier molecular flexibility index (Phi) is 3.41. The zero-order chi connectivity index (χ0) is 13.5. The van der Waals surface area contributed by atoms with Gasteiger partial charge in [-0.2, -0.15) is 0 Å². The molecule has 1 unspecified atom stereocenters. The van der Waals surface area contributed by atoms with Crippen LogP contribution in [0.3, 0.4) is 0 Å². The summed E-state index contributed by atoms with van der Waals surface area (Å²) in [4.78, 5) is 14.5. The summed E-state index contributed by atoms with van der Waals surface area (Å²) in [5, 5.41) is 0.620. The zero-order valence-electron chi connectivity index (χ0n) is 11.8. The summed E-state index contributed by atoms with van der Waals surface area (Å²) >= 11 is 6.27. The van der Waals surface area contributed by atoms with Crippen LogP contribution in [0.5, 0.6) is 0 Å². The van der Waals surface area contributed by atoms with Crippen LogP contribution in [0.1, 0.15) is 49.2 Å².